The Morgan fingerprint density at radius 2 is 0.569 bits per heavy atom. The first-order valence-electron chi connectivity index (χ1n) is 24.3. The first-order chi connectivity index (χ1) is 35.6. The standard InChI is InChI=1S/C66H42N6/c1-5-18-43(19-6-1)53-39-60(45-22-9-3-10-23-45)65-67-63(69-71(65)41-53)51-35-50(36-52(37-51)64-68-66-61(46-24-11-4-12-25-46)40-54(42-72(66)70-64)44-20-7-2-8-21-44)48-27-17-26-47(34-48)49-32-33-59-57-30-14-13-28-55(57)56-29-15-16-31-58(56)62(59)38-49/h1-42H. The van der Waals surface area contributed by atoms with Crippen LogP contribution in [0.5, 0.6) is 0 Å². The van der Waals surface area contributed by atoms with Gasteiger partial charge in [-0.1, -0.05) is 200 Å². The third-order valence-electron chi connectivity index (χ3n) is 14.0. The molecule has 6 nitrogen and oxygen atoms in total. The van der Waals surface area contributed by atoms with Gasteiger partial charge in [0.05, 0.1) is 0 Å². The van der Waals surface area contributed by atoms with Gasteiger partial charge in [0.2, 0.25) is 0 Å². The van der Waals surface area contributed by atoms with Gasteiger partial charge < -0.3 is 0 Å². The molecule has 10 aromatic carbocycles. The molecular formula is C66H42N6. The summed E-state index contributed by atoms with van der Waals surface area (Å²) < 4.78 is 3.86. The van der Waals surface area contributed by atoms with Crippen molar-refractivity contribution in [2.75, 3.05) is 0 Å². The van der Waals surface area contributed by atoms with Crippen LogP contribution in [0, 0.1) is 0 Å². The topological polar surface area (TPSA) is 60.4 Å². The number of fused-ring (bicyclic) bond motifs is 8. The van der Waals surface area contributed by atoms with Gasteiger partial charge in [0, 0.05) is 45.8 Å². The molecule has 0 saturated heterocycles. The van der Waals surface area contributed by atoms with Crippen molar-refractivity contribution in [1.82, 2.24) is 29.2 Å². The third-order valence-corrected chi connectivity index (χ3v) is 14.0. The lowest BCUT2D eigenvalue weighted by Gasteiger charge is -2.13. The molecule has 0 fully saturated rings. The second kappa shape index (κ2) is 17.0. The van der Waals surface area contributed by atoms with E-state index in [2.05, 4.69) is 231 Å². The minimum Gasteiger partial charge on any atom is -0.219 e. The predicted molar refractivity (Wildman–Crippen MR) is 296 cm³/mol. The van der Waals surface area contributed by atoms with Crippen LogP contribution >= 0.6 is 0 Å². The molecule has 0 aliphatic carbocycles. The Morgan fingerprint density at radius 3 is 1.04 bits per heavy atom. The van der Waals surface area contributed by atoms with E-state index in [-0.39, 0.29) is 0 Å². The van der Waals surface area contributed by atoms with Crippen molar-refractivity contribution in [2.45, 2.75) is 0 Å². The first kappa shape index (κ1) is 41.2. The maximum atomic E-state index is 5.35. The Bertz CT molecular complexity index is 4160. The Hall–Kier alpha value is -9.78. The quantitative estimate of drug-likeness (QED) is 0.143. The largest absolute Gasteiger partial charge is 0.219 e. The fourth-order valence-electron chi connectivity index (χ4n) is 10.5. The van der Waals surface area contributed by atoms with Crippen LogP contribution in [-0.2, 0) is 0 Å². The van der Waals surface area contributed by atoms with Gasteiger partial charge in [0.1, 0.15) is 0 Å². The van der Waals surface area contributed by atoms with Crippen molar-refractivity contribution in [1.29, 1.82) is 0 Å². The zero-order valence-electron chi connectivity index (χ0n) is 38.9. The van der Waals surface area contributed by atoms with Crippen LogP contribution in [-0.4, -0.2) is 29.2 Å². The lowest BCUT2D eigenvalue weighted by Crippen LogP contribution is -1.93. The van der Waals surface area contributed by atoms with E-state index in [9.17, 15) is 0 Å². The Morgan fingerprint density at radius 1 is 0.222 bits per heavy atom. The molecule has 72 heavy (non-hydrogen) atoms. The Labute approximate surface area is 415 Å². The summed E-state index contributed by atoms with van der Waals surface area (Å²) in [6, 6.07) is 86.0. The fraction of sp³-hybridized carbons (Fsp3) is 0. The van der Waals surface area contributed by atoms with Gasteiger partial charge in [-0.2, -0.15) is 0 Å². The summed E-state index contributed by atoms with van der Waals surface area (Å²) in [4.78, 5) is 10.7. The normalized spacial score (nSPS) is 11.6. The Balaban J connectivity index is 0.965. The van der Waals surface area contributed by atoms with Crippen LogP contribution < -0.4 is 0 Å². The van der Waals surface area contributed by atoms with Crippen molar-refractivity contribution in [3.05, 3.63) is 255 Å². The van der Waals surface area contributed by atoms with Crippen molar-refractivity contribution < 1.29 is 0 Å². The highest BCUT2D eigenvalue weighted by atomic mass is 15.3. The number of rotatable bonds is 8. The molecule has 14 aromatic rings. The average Bonchev–Trinajstić information content (AvgIpc) is 4.11. The molecule has 14 rings (SSSR count). The summed E-state index contributed by atoms with van der Waals surface area (Å²) in [5.74, 6) is 1.20. The fourth-order valence-corrected chi connectivity index (χ4v) is 10.5. The summed E-state index contributed by atoms with van der Waals surface area (Å²) in [5, 5.41) is 18.1. The van der Waals surface area contributed by atoms with Gasteiger partial charge in [-0.05, 0) is 119 Å². The Kier molecular flexibility index (Phi) is 9.74. The zero-order valence-corrected chi connectivity index (χ0v) is 38.9. The first-order valence-corrected chi connectivity index (χ1v) is 24.3. The molecule has 0 aliphatic heterocycles. The molecule has 0 unspecified atom stereocenters. The minimum atomic E-state index is 0.602. The van der Waals surface area contributed by atoms with E-state index in [4.69, 9.17) is 20.2 Å². The van der Waals surface area contributed by atoms with Crippen molar-refractivity contribution >= 4 is 43.6 Å². The van der Waals surface area contributed by atoms with Crippen LogP contribution in [0.2, 0.25) is 0 Å². The van der Waals surface area contributed by atoms with Gasteiger partial charge in [0.15, 0.2) is 22.9 Å². The van der Waals surface area contributed by atoms with Gasteiger partial charge in [0.25, 0.3) is 0 Å². The number of benzene rings is 10. The summed E-state index contributed by atoms with van der Waals surface area (Å²) in [7, 11) is 0. The van der Waals surface area contributed by atoms with Crippen LogP contribution in [0.15, 0.2) is 255 Å². The van der Waals surface area contributed by atoms with E-state index >= 15 is 0 Å². The van der Waals surface area contributed by atoms with E-state index in [0.29, 0.717) is 11.6 Å². The molecular weight excluding hydrogens is 877 g/mol. The highest BCUT2D eigenvalue weighted by Gasteiger charge is 2.20. The minimum absolute atomic E-state index is 0.602. The van der Waals surface area contributed by atoms with E-state index in [1.165, 1.54) is 32.3 Å². The molecule has 0 bridgehead atoms. The van der Waals surface area contributed by atoms with Crippen LogP contribution in [0.4, 0.5) is 0 Å². The molecule has 6 heteroatoms. The lowest BCUT2D eigenvalue weighted by molar-refractivity contribution is 0.966. The highest BCUT2D eigenvalue weighted by Crippen LogP contribution is 2.40. The molecule has 0 amide bonds. The molecule has 0 atom stereocenters. The number of aromatic nitrogens is 6. The van der Waals surface area contributed by atoms with Crippen molar-refractivity contribution in [3.8, 4) is 89.5 Å². The molecule has 0 N–H and O–H groups in total. The van der Waals surface area contributed by atoms with Crippen molar-refractivity contribution in [3.63, 3.8) is 0 Å². The number of hydrogen-bond acceptors (Lipinski definition) is 4. The van der Waals surface area contributed by atoms with E-state index in [1.54, 1.807) is 0 Å². The van der Waals surface area contributed by atoms with Gasteiger partial charge in [-0.15, -0.1) is 10.2 Å². The van der Waals surface area contributed by atoms with Gasteiger partial charge in [-0.3, -0.25) is 0 Å². The molecule has 4 aromatic heterocycles. The summed E-state index contributed by atoms with van der Waals surface area (Å²) in [6.07, 6.45) is 4.16. The number of hydrogen-bond donors (Lipinski definition) is 0. The van der Waals surface area contributed by atoms with Crippen LogP contribution in [0.3, 0.4) is 0 Å². The summed E-state index contributed by atoms with van der Waals surface area (Å²) in [5.41, 5.74) is 16.0. The number of pyridine rings is 2. The monoisotopic (exact) mass is 918 g/mol. The molecule has 0 radical (unpaired) electrons. The molecule has 0 aliphatic rings. The number of nitrogens with zero attached hydrogens (tertiary/aromatic N) is 6. The SMILES string of the molecule is c1ccc(-c2cc(-c3ccccc3)c3nc(-c4cc(-c5cccc(-c6ccc7c8ccccc8c8ccccc8c7c6)c5)cc(-c5nc6c(-c7ccccc7)cc(-c7ccccc7)cn6n5)c4)nn3c2)cc1. The van der Waals surface area contributed by atoms with Gasteiger partial charge in [-0.25, -0.2) is 19.0 Å². The average molecular weight is 919 g/mol. The lowest BCUT2D eigenvalue weighted by atomic mass is 9.91. The smallest absolute Gasteiger partial charge is 0.182 e. The van der Waals surface area contributed by atoms with Crippen LogP contribution in [0.25, 0.3) is 133 Å². The summed E-state index contributed by atoms with van der Waals surface area (Å²) in [6.45, 7) is 0. The maximum Gasteiger partial charge on any atom is 0.182 e. The molecule has 336 valence electrons. The zero-order chi connectivity index (χ0) is 47.5. The highest BCUT2D eigenvalue weighted by molar-refractivity contribution is 6.25. The second-order valence-corrected chi connectivity index (χ2v) is 18.4. The summed E-state index contributed by atoms with van der Waals surface area (Å²) >= 11 is 0. The van der Waals surface area contributed by atoms with Gasteiger partial charge >= 0.3 is 0 Å². The third kappa shape index (κ3) is 7.20. The van der Waals surface area contributed by atoms with Crippen molar-refractivity contribution in [2.24, 2.45) is 0 Å². The molecule has 4 heterocycles. The molecule has 0 spiro atoms. The van der Waals surface area contributed by atoms with E-state index in [1.807, 2.05) is 33.3 Å². The van der Waals surface area contributed by atoms with E-state index < -0.39 is 0 Å². The predicted octanol–water partition coefficient (Wildman–Crippen LogP) is 16.6. The van der Waals surface area contributed by atoms with Crippen LogP contribution in [0.1, 0.15) is 0 Å². The second-order valence-electron chi connectivity index (χ2n) is 18.4. The maximum absolute atomic E-state index is 5.35. The molecule has 0 saturated carbocycles. The van der Waals surface area contributed by atoms with E-state index in [0.717, 1.165) is 89.2 Å².